The number of alkyl halides is 1. The lowest BCUT2D eigenvalue weighted by molar-refractivity contribution is -0.116. The van der Waals surface area contributed by atoms with Crippen LogP contribution in [0.2, 0.25) is 0 Å². The minimum Gasteiger partial charge on any atom is -0.310 e. The highest BCUT2D eigenvalue weighted by atomic mass is 79.9. The second kappa shape index (κ2) is 4.22. The fourth-order valence-electron chi connectivity index (χ4n) is 1.69. The molecule has 0 saturated carbocycles. The average Bonchev–Trinajstić information content (AvgIpc) is 2.49. The molecule has 1 fully saturated rings. The largest absolute Gasteiger partial charge is 0.310 e. The number of hydrogen-bond acceptors (Lipinski definition) is 2. The zero-order valence-corrected chi connectivity index (χ0v) is 11.4. The fraction of sp³-hybridized carbons (Fsp3) is 0.400. The van der Waals surface area contributed by atoms with E-state index in [0.29, 0.717) is 0 Å². The van der Waals surface area contributed by atoms with E-state index in [0.717, 1.165) is 29.0 Å². The van der Waals surface area contributed by atoms with E-state index >= 15 is 0 Å². The summed E-state index contributed by atoms with van der Waals surface area (Å²) in [6.07, 6.45) is 0.855. The minimum absolute atomic E-state index is 0.0412. The fourth-order valence-corrected chi connectivity index (χ4v) is 2.54. The predicted octanol–water partition coefficient (Wildman–Crippen LogP) is 2.65. The van der Waals surface area contributed by atoms with Gasteiger partial charge in [-0.05, 0) is 41.4 Å². The molecule has 0 aliphatic carbocycles. The molecule has 2 heterocycles. The normalized spacial score (nSPS) is 21.1. The number of pyridine rings is 1. The molecular formula is C10H10Br2N2O. The lowest BCUT2D eigenvalue weighted by Crippen LogP contribution is -2.27. The molecule has 0 bridgehead atoms. The van der Waals surface area contributed by atoms with Crippen LogP contribution in [-0.2, 0) is 4.79 Å². The van der Waals surface area contributed by atoms with Crippen LogP contribution in [0.15, 0.2) is 16.7 Å². The van der Waals surface area contributed by atoms with Gasteiger partial charge < -0.3 is 4.90 Å². The van der Waals surface area contributed by atoms with E-state index in [1.165, 1.54) is 0 Å². The third-order valence-corrected chi connectivity index (χ3v) is 3.75. The molecule has 1 saturated heterocycles. The number of aryl methyl sites for hydroxylation is 1. The van der Waals surface area contributed by atoms with Crippen molar-refractivity contribution in [2.75, 3.05) is 11.4 Å². The Bertz CT molecular complexity index is 408. The Morgan fingerprint density at radius 1 is 1.53 bits per heavy atom. The van der Waals surface area contributed by atoms with Gasteiger partial charge in [0.2, 0.25) is 5.91 Å². The van der Waals surface area contributed by atoms with Crippen molar-refractivity contribution in [1.82, 2.24) is 4.98 Å². The first-order valence-electron chi connectivity index (χ1n) is 4.68. The molecule has 0 N–H and O–H groups in total. The van der Waals surface area contributed by atoms with Crippen molar-refractivity contribution in [2.45, 2.75) is 18.2 Å². The Kier molecular flexibility index (Phi) is 3.11. The molecule has 1 aromatic heterocycles. The summed E-state index contributed by atoms with van der Waals surface area (Å²) < 4.78 is 0.797. The van der Waals surface area contributed by atoms with E-state index in [1.807, 2.05) is 19.1 Å². The molecule has 1 atom stereocenters. The number of nitrogens with zero attached hydrogens (tertiary/aromatic N) is 2. The molecule has 1 aromatic rings. The monoisotopic (exact) mass is 332 g/mol. The lowest BCUT2D eigenvalue weighted by atomic mass is 10.3. The van der Waals surface area contributed by atoms with Crippen LogP contribution >= 0.6 is 31.9 Å². The van der Waals surface area contributed by atoms with Crippen molar-refractivity contribution in [1.29, 1.82) is 0 Å². The first-order chi connectivity index (χ1) is 7.09. The van der Waals surface area contributed by atoms with E-state index in [-0.39, 0.29) is 10.7 Å². The van der Waals surface area contributed by atoms with E-state index in [9.17, 15) is 4.79 Å². The van der Waals surface area contributed by atoms with Crippen LogP contribution in [0.5, 0.6) is 0 Å². The first-order valence-corrected chi connectivity index (χ1v) is 6.39. The van der Waals surface area contributed by atoms with Gasteiger partial charge in [-0.15, -0.1) is 0 Å². The zero-order valence-electron chi connectivity index (χ0n) is 8.20. The maximum absolute atomic E-state index is 11.8. The van der Waals surface area contributed by atoms with Gasteiger partial charge in [0, 0.05) is 6.54 Å². The summed E-state index contributed by atoms with van der Waals surface area (Å²) in [6, 6.07) is 3.78. The summed E-state index contributed by atoms with van der Waals surface area (Å²) in [5.74, 6) is 0.127. The van der Waals surface area contributed by atoms with Crippen molar-refractivity contribution in [2.24, 2.45) is 0 Å². The highest BCUT2D eigenvalue weighted by molar-refractivity contribution is 9.10. The summed E-state index contributed by atoms with van der Waals surface area (Å²) in [7, 11) is 0. The maximum Gasteiger partial charge on any atom is 0.240 e. The number of hydrogen-bond donors (Lipinski definition) is 0. The number of aromatic nitrogens is 1. The summed E-state index contributed by atoms with van der Waals surface area (Å²) in [5, 5.41) is 0. The Morgan fingerprint density at radius 3 is 2.80 bits per heavy atom. The smallest absolute Gasteiger partial charge is 0.240 e. The number of carbonyl (C=O) groups excluding carboxylic acids is 1. The van der Waals surface area contributed by atoms with Gasteiger partial charge in [-0.2, -0.15) is 0 Å². The summed E-state index contributed by atoms with van der Waals surface area (Å²) in [6.45, 7) is 2.67. The van der Waals surface area contributed by atoms with Gasteiger partial charge in [0.05, 0.1) is 16.2 Å². The third kappa shape index (κ3) is 2.08. The second-order valence-corrected chi connectivity index (χ2v) is 5.40. The molecule has 1 amide bonds. The van der Waals surface area contributed by atoms with Crippen molar-refractivity contribution in [3.63, 3.8) is 0 Å². The SMILES string of the molecule is Cc1nc(Br)ccc1N1CCC(Br)C1=O. The Balaban J connectivity index is 2.34. The lowest BCUT2D eigenvalue weighted by Gasteiger charge is -2.17. The van der Waals surface area contributed by atoms with Gasteiger partial charge in [-0.3, -0.25) is 4.79 Å². The number of anilines is 1. The van der Waals surface area contributed by atoms with Gasteiger partial charge in [0.25, 0.3) is 0 Å². The molecule has 0 aromatic carbocycles. The Labute approximate surface area is 105 Å². The molecule has 0 radical (unpaired) electrons. The molecule has 15 heavy (non-hydrogen) atoms. The Hall–Kier alpha value is -0.420. The molecule has 0 spiro atoms. The molecule has 1 aliphatic heterocycles. The molecule has 80 valence electrons. The van der Waals surface area contributed by atoms with Gasteiger partial charge in [0.15, 0.2) is 0 Å². The second-order valence-electron chi connectivity index (χ2n) is 3.48. The van der Waals surface area contributed by atoms with Crippen molar-refractivity contribution >= 4 is 43.5 Å². The number of rotatable bonds is 1. The highest BCUT2D eigenvalue weighted by Crippen LogP contribution is 2.27. The highest BCUT2D eigenvalue weighted by Gasteiger charge is 2.31. The van der Waals surface area contributed by atoms with Gasteiger partial charge in [-0.1, -0.05) is 15.9 Å². The van der Waals surface area contributed by atoms with Gasteiger partial charge >= 0.3 is 0 Å². The first kappa shape index (κ1) is 11.1. The molecule has 2 rings (SSSR count). The van der Waals surface area contributed by atoms with Crippen LogP contribution in [-0.4, -0.2) is 22.3 Å². The predicted molar refractivity (Wildman–Crippen MR) is 66.4 cm³/mol. The van der Waals surface area contributed by atoms with Crippen LogP contribution in [0.4, 0.5) is 5.69 Å². The van der Waals surface area contributed by atoms with E-state index < -0.39 is 0 Å². The molecule has 1 aliphatic rings. The summed E-state index contributed by atoms with van der Waals surface area (Å²) in [4.78, 5) is 17.8. The molecule has 5 heteroatoms. The van der Waals surface area contributed by atoms with Crippen molar-refractivity contribution in [3.05, 3.63) is 22.4 Å². The van der Waals surface area contributed by atoms with Gasteiger partial charge in [0.1, 0.15) is 4.60 Å². The standard InChI is InChI=1S/C10H10Br2N2O/c1-6-8(2-3-9(12)13-6)14-5-4-7(11)10(14)15/h2-3,7H,4-5H2,1H3. The molecule has 1 unspecified atom stereocenters. The van der Waals surface area contributed by atoms with Crippen LogP contribution < -0.4 is 4.90 Å². The minimum atomic E-state index is -0.0412. The third-order valence-electron chi connectivity index (χ3n) is 2.45. The topological polar surface area (TPSA) is 33.2 Å². The van der Waals surface area contributed by atoms with Crippen LogP contribution in [0.25, 0.3) is 0 Å². The molecule has 3 nitrogen and oxygen atoms in total. The van der Waals surface area contributed by atoms with Crippen LogP contribution in [0.3, 0.4) is 0 Å². The van der Waals surface area contributed by atoms with E-state index in [2.05, 4.69) is 36.8 Å². The quantitative estimate of drug-likeness (QED) is 0.584. The number of amides is 1. The van der Waals surface area contributed by atoms with Crippen LogP contribution in [0.1, 0.15) is 12.1 Å². The number of halogens is 2. The molecular weight excluding hydrogens is 324 g/mol. The maximum atomic E-state index is 11.8. The van der Waals surface area contributed by atoms with Crippen molar-refractivity contribution < 1.29 is 4.79 Å². The zero-order chi connectivity index (χ0) is 11.0. The van der Waals surface area contributed by atoms with E-state index in [1.54, 1.807) is 4.90 Å². The van der Waals surface area contributed by atoms with Crippen LogP contribution in [0, 0.1) is 6.92 Å². The average molecular weight is 334 g/mol. The number of carbonyl (C=O) groups is 1. The summed E-state index contributed by atoms with van der Waals surface area (Å²) >= 11 is 6.67. The summed E-state index contributed by atoms with van der Waals surface area (Å²) in [5.41, 5.74) is 1.78. The van der Waals surface area contributed by atoms with Gasteiger partial charge in [-0.25, -0.2) is 4.98 Å². The Morgan fingerprint density at radius 2 is 2.27 bits per heavy atom. The van der Waals surface area contributed by atoms with Crippen molar-refractivity contribution in [3.8, 4) is 0 Å². The van der Waals surface area contributed by atoms with E-state index in [4.69, 9.17) is 0 Å².